The Labute approximate surface area is 214 Å². The van der Waals surface area contributed by atoms with Crippen LogP contribution in [0.15, 0.2) is 54.7 Å². The second-order valence-corrected chi connectivity index (χ2v) is 10.2. The minimum atomic E-state index is -3.11. The summed E-state index contributed by atoms with van der Waals surface area (Å²) in [5, 5.41) is 12.2. The van der Waals surface area contributed by atoms with Crippen molar-refractivity contribution in [3.63, 3.8) is 0 Å². The van der Waals surface area contributed by atoms with Crippen LogP contribution in [-0.4, -0.2) is 46.8 Å². The molecule has 1 aliphatic rings. The molecule has 0 bridgehead atoms. The van der Waals surface area contributed by atoms with Crippen molar-refractivity contribution in [3.8, 4) is 6.07 Å². The fraction of sp³-hybridized carbons (Fsp3) is 0.310. The normalized spacial score (nSPS) is 17.2. The number of amides is 2. The molecule has 1 aromatic heterocycles. The maximum atomic E-state index is 13.7. The molecule has 8 heteroatoms. The van der Waals surface area contributed by atoms with Gasteiger partial charge in [-0.25, -0.2) is 8.78 Å². The van der Waals surface area contributed by atoms with E-state index in [1.807, 2.05) is 30.4 Å². The van der Waals surface area contributed by atoms with Crippen molar-refractivity contribution in [1.82, 2.24) is 15.2 Å². The fourth-order valence-electron chi connectivity index (χ4n) is 4.30. The highest BCUT2D eigenvalue weighted by atomic mass is 19.3. The number of nitriles is 1. The van der Waals surface area contributed by atoms with Gasteiger partial charge in [-0.15, -0.1) is 0 Å². The number of carbonyl (C=O) groups excluding carboxylic acids is 2. The lowest BCUT2D eigenvalue weighted by Gasteiger charge is -2.19. The first-order valence-electron chi connectivity index (χ1n) is 12.0. The maximum Gasteiger partial charge on any atom is 0.268 e. The molecule has 0 radical (unpaired) electrons. The monoisotopic (exact) mass is 502 g/mol. The minimum absolute atomic E-state index is 0.0756. The lowest BCUT2D eigenvalue weighted by molar-refractivity contribution is -0.131. The van der Waals surface area contributed by atoms with Crippen molar-refractivity contribution < 1.29 is 18.4 Å². The number of rotatable bonds is 5. The molecule has 2 aromatic carbocycles. The molecule has 3 aromatic rings. The van der Waals surface area contributed by atoms with Crippen LogP contribution in [0.2, 0.25) is 0 Å². The summed E-state index contributed by atoms with van der Waals surface area (Å²) >= 11 is 0. The van der Waals surface area contributed by atoms with Crippen LogP contribution in [0.3, 0.4) is 0 Å². The van der Waals surface area contributed by atoms with Gasteiger partial charge in [0.15, 0.2) is 0 Å². The van der Waals surface area contributed by atoms with E-state index in [0.717, 1.165) is 16.0 Å². The zero-order chi connectivity index (χ0) is 26.8. The number of carbonyl (C=O) groups is 2. The largest absolute Gasteiger partial charge is 0.343 e. The predicted octanol–water partition coefficient (Wildman–Crippen LogP) is 5.19. The molecule has 0 aliphatic carbocycles. The molecular formula is C29H28F2N4O2. The van der Waals surface area contributed by atoms with E-state index >= 15 is 0 Å². The first-order chi connectivity index (χ1) is 17.5. The average molecular weight is 503 g/mol. The topological polar surface area (TPSA) is 86.1 Å². The van der Waals surface area contributed by atoms with Crippen molar-refractivity contribution in [3.05, 3.63) is 77.0 Å². The van der Waals surface area contributed by atoms with Gasteiger partial charge in [-0.1, -0.05) is 63.3 Å². The zero-order valence-electron chi connectivity index (χ0n) is 21.0. The Balaban J connectivity index is 1.49. The van der Waals surface area contributed by atoms with Gasteiger partial charge in [-0.05, 0) is 40.3 Å². The average Bonchev–Trinajstić information content (AvgIpc) is 3.19. The van der Waals surface area contributed by atoms with Crippen molar-refractivity contribution >= 4 is 34.9 Å². The Kier molecular flexibility index (Phi) is 7.08. The molecule has 0 spiro atoms. The van der Waals surface area contributed by atoms with Crippen LogP contribution in [0, 0.1) is 11.3 Å². The number of halogens is 2. The lowest BCUT2D eigenvalue weighted by atomic mass is 9.87. The van der Waals surface area contributed by atoms with E-state index < -0.39 is 43.3 Å². The summed E-state index contributed by atoms with van der Waals surface area (Å²) in [6.07, 6.45) is 4.73. The third-order valence-electron chi connectivity index (χ3n) is 6.39. The third-order valence-corrected chi connectivity index (χ3v) is 6.39. The standard InChI is InChI=1S/C29H28F2N4O2/c1-28(2,3)21-9-6-19(7-10-21)4-5-20-8-11-25-24(14-20)23(12-13-33-25)27(37)34-17-26(36)35-18-29(30,31)15-22(35)16-32/h4-14,22H,15,17-18H2,1-3H3,(H,34,37)/b5-4+/t22-/m0/s1. The maximum absolute atomic E-state index is 13.7. The van der Waals surface area contributed by atoms with Gasteiger partial charge in [0.1, 0.15) is 6.04 Å². The second-order valence-electron chi connectivity index (χ2n) is 10.2. The molecular weight excluding hydrogens is 474 g/mol. The smallest absolute Gasteiger partial charge is 0.268 e. The number of pyridine rings is 1. The van der Waals surface area contributed by atoms with Gasteiger partial charge in [0, 0.05) is 18.0 Å². The minimum Gasteiger partial charge on any atom is -0.343 e. The number of likely N-dealkylation sites (tertiary alicyclic amines) is 1. The Morgan fingerprint density at radius 2 is 1.81 bits per heavy atom. The Hall–Kier alpha value is -4.12. The summed E-state index contributed by atoms with van der Waals surface area (Å²) in [6, 6.07) is 15.9. The highest BCUT2D eigenvalue weighted by Crippen LogP contribution is 2.31. The summed E-state index contributed by atoms with van der Waals surface area (Å²) in [5.74, 6) is -4.37. The zero-order valence-corrected chi connectivity index (χ0v) is 21.0. The molecule has 4 rings (SSSR count). The first-order valence-corrected chi connectivity index (χ1v) is 12.0. The van der Waals surface area contributed by atoms with Gasteiger partial charge < -0.3 is 10.2 Å². The Bertz CT molecular complexity index is 1400. The number of nitrogens with zero attached hydrogens (tertiary/aromatic N) is 3. The molecule has 1 atom stereocenters. The van der Waals surface area contributed by atoms with E-state index in [1.54, 1.807) is 12.1 Å². The molecule has 190 valence electrons. The van der Waals surface area contributed by atoms with Gasteiger partial charge in [0.25, 0.3) is 11.8 Å². The van der Waals surface area contributed by atoms with Crippen LogP contribution in [-0.2, 0) is 10.2 Å². The quantitative estimate of drug-likeness (QED) is 0.487. The SMILES string of the molecule is CC(C)(C)c1ccc(/C=C/c2ccc3nccc(C(=O)NCC(=O)N4CC(F)(F)C[C@H]4C#N)c3c2)cc1. The van der Waals surface area contributed by atoms with Crippen LogP contribution in [0.5, 0.6) is 0 Å². The molecule has 1 N–H and O–H groups in total. The fourth-order valence-corrected chi connectivity index (χ4v) is 4.30. The van der Waals surface area contributed by atoms with Crippen LogP contribution in [0.4, 0.5) is 8.78 Å². The Morgan fingerprint density at radius 3 is 2.49 bits per heavy atom. The number of hydrogen-bond acceptors (Lipinski definition) is 4. The van der Waals surface area contributed by atoms with Gasteiger partial charge in [-0.2, -0.15) is 5.26 Å². The van der Waals surface area contributed by atoms with Gasteiger partial charge in [0.05, 0.1) is 30.2 Å². The lowest BCUT2D eigenvalue weighted by Crippen LogP contribution is -2.43. The van der Waals surface area contributed by atoms with Crippen molar-refractivity contribution in [2.45, 2.75) is 44.6 Å². The molecule has 0 saturated carbocycles. The van der Waals surface area contributed by atoms with Crippen molar-refractivity contribution in [2.24, 2.45) is 0 Å². The van der Waals surface area contributed by atoms with Gasteiger partial charge in [0.2, 0.25) is 5.91 Å². The Morgan fingerprint density at radius 1 is 1.14 bits per heavy atom. The van der Waals surface area contributed by atoms with E-state index in [-0.39, 0.29) is 5.41 Å². The van der Waals surface area contributed by atoms with E-state index in [4.69, 9.17) is 5.26 Å². The van der Waals surface area contributed by atoms with Crippen molar-refractivity contribution in [1.29, 1.82) is 5.26 Å². The summed E-state index contributed by atoms with van der Waals surface area (Å²) in [4.78, 5) is 30.5. The number of aromatic nitrogens is 1. The number of benzene rings is 2. The number of fused-ring (bicyclic) bond motifs is 1. The molecule has 1 saturated heterocycles. The van der Waals surface area contributed by atoms with Gasteiger partial charge in [-0.3, -0.25) is 14.6 Å². The van der Waals surface area contributed by atoms with Crippen LogP contribution < -0.4 is 5.32 Å². The van der Waals surface area contributed by atoms with E-state index in [0.29, 0.717) is 16.5 Å². The molecule has 1 aliphatic heterocycles. The molecule has 37 heavy (non-hydrogen) atoms. The highest BCUT2D eigenvalue weighted by Gasteiger charge is 2.47. The van der Waals surface area contributed by atoms with Crippen LogP contribution in [0.1, 0.15) is 54.2 Å². The molecule has 6 nitrogen and oxygen atoms in total. The van der Waals surface area contributed by atoms with Gasteiger partial charge >= 0.3 is 0 Å². The molecule has 2 heterocycles. The summed E-state index contributed by atoms with van der Waals surface area (Å²) < 4.78 is 27.3. The highest BCUT2D eigenvalue weighted by molar-refractivity contribution is 6.07. The van der Waals surface area contributed by atoms with Crippen molar-refractivity contribution in [2.75, 3.05) is 13.1 Å². The number of nitrogens with one attached hydrogen (secondary N) is 1. The number of hydrogen-bond donors (Lipinski definition) is 1. The van der Waals surface area contributed by atoms with E-state index in [2.05, 4.69) is 55.3 Å². The first kappa shape index (κ1) is 26.0. The second kappa shape index (κ2) is 10.1. The molecule has 0 unspecified atom stereocenters. The number of alkyl halides is 2. The van der Waals surface area contributed by atoms with Crippen LogP contribution >= 0.6 is 0 Å². The molecule has 2 amide bonds. The van der Waals surface area contributed by atoms with E-state index in [1.165, 1.54) is 11.8 Å². The van der Waals surface area contributed by atoms with Crippen LogP contribution in [0.25, 0.3) is 23.1 Å². The predicted molar refractivity (Wildman–Crippen MR) is 139 cm³/mol. The third kappa shape index (κ3) is 6.00. The van der Waals surface area contributed by atoms with E-state index in [9.17, 15) is 18.4 Å². The summed E-state index contributed by atoms with van der Waals surface area (Å²) in [7, 11) is 0. The molecule has 1 fully saturated rings. The summed E-state index contributed by atoms with van der Waals surface area (Å²) in [5.41, 5.74) is 4.14. The summed E-state index contributed by atoms with van der Waals surface area (Å²) in [6.45, 7) is 5.18.